The van der Waals surface area contributed by atoms with Crippen molar-refractivity contribution in [2.75, 3.05) is 63.9 Å². The Labute approximate surface area is 215 Å². The standard InChI is InChI=1S/C28H44N6O2/c1-31-28-24(6-7-26(29-28)34-12-4-2-3-5-13-34)27(30-31)25(36)20-22-8-14-32(15-9-22)18-19-33-16-10-23(21-35)11-17-33/h6-7,22-23,35H,2-5,8-21H2,1H3. The molecule has 0 amide bonds. The zero-order chi connectivity index (χ0) is 24.9. The van der Waals surface area contributed by atoms with Gasteiger partial charge < -0.3 is 19.8 Å². The quantitative estimate of drug-likeness (QED) is 0.562. The number of pyridine rings is 1. The lowest BCUT2D eigenvalue weighted by Gasteiger charge is -2.35. The van der Waals surface area contributed by atoms with Crippen LogP contribution in [0.1, 0.15) is 68.3 Å². The summed E-state index contributed by atoms with van der Waals surface area (Å²) in [5.41, 5.74) is 1.41. The zero-order valence-corrected chi connectivity index (χ0v) is 22.1. The number of rotatable bonds is 8. The second-order valence-corrected chi connectivity index (χ2v) is 11.3. The lowest BCUT2D eigenvalue weighted by Crippen LogP contribution is -2.42. The summed E-state index contributed by atoms with van der Waals surface area (Å²) >= 11 is 0. The van der Waals surface area contributed by atoms with Gasteiger partial charge in [0, 0.05) is 46.3 Å². The first-order valence-corrected chi connectivity index (χ1v) is 14.3. The number of nitrogens with zero attached hydrogens (tertiary/aromatic N) is 6. The molecule has 3 aliphatic rings. The fourth-order valence-corrected chi connectivity index (χ4v) is 6.25. The highest BCUT2D eigenvalue weighted by atomic mass is 16.3. The van der Waals surface area contributed by atoms with Crippen LogP contribution in [0.25, 0.3) is 11.0 Å². The number of carbonyl (C=O) groups is 1. The molecule has 0 saturated carbocycles. The average Bonchev–Trinajstić information content (AvgIpc) is 3.07. The Balaban J connectivity index is 1.12. The molecular formula is C28H44N6O2. The molecule has 1 N–H and O–H groups in total. The number of piperidine rings is 2. The molecule has 8 heteroatoms. The van der Waals surface area contributed by atoms with E-state index in [0.29, 0.717) is 30.6 Å². The third kappa shape index (κ3) is 6.09. The van der Waals surface area contributed by atoms with Crippen molar-refractivity contribution < 1.29 is 9.90 Å². The normalized spacial score (nSPS) is 21.8. The molecule has 0 bridgehead atoms. The first-order valence-electron chi connectivity index (χ1n) is 14.3. The second kappa shape index (κ2) is 12.0. The van der Waals surface area contributed by atoms with Crippen LogP contribution in [-0.4, -0.2) is 94.4 Å². The topological polar surface area (TPSA) is 77.7 Å². The second-order valence-electron chi connectivity index (χ2n) is 11.3. The van der Waals surface area contributed by atoms with Crippen molar-refractivity contribution in [2.24, 2.45) is 18.9 Å². The minimum Gasteiger partial charge on any atom is -0.396 e. The summed E-state index contributed by atoms with van der Waals surface area (Å²) in [6.45, 7) is 9.07. The van der Waals surface area contributed by atoms with Crippen molar-refractivity contribution in [1.29, 1.82) is 0 Å². The van der Waals surface area contributed by atoms with Crippen LogP contribution in [0.3, 0.4) is 0 Å². The Morgan fingerprint density at radius 3 is 2.11 bits per heavy atom. The van der Waals surface area contributed by atoms with E-state index in [1.54, 1.807) is 4.68 Å². The number of ketones is 1. The van der Waals surface area contributed by atoms with Gasteiger partial charge in [0.05, 0.1) is 5.39 Å². The summed E-state index contributed by atoms with van der Waals surface area (Å²) in [6, 6.07) is 4.14. The minimum atomic E-state index is 0.162. The number of aromatic nitrogens is 3. The fourth-order valence-electron chi connectivity index (χ4n) is 6.25. The van der Waals surface area contributed by atoms with Gasteiger partial charge in [-0.15, -0.1) is 0 Å². The highest BCUT2D eigenvalue weighted by Gasteiger charge is 2.26. The molecule has 5 heterocycles. The van der Waals surface area contributed by atoms with Crippen molar-refractivity contribution in [2.45, 2.75) is 57.8 Å². The van der Waals surface area contributed by atoms with Gasteiger partial charge in [-0.3, -0.25) is 4.79 Å². The van der Waals surface area contributed by atoms with Crippen LogP contribution in [0.2, 0.25) is 0 Å². The van der Waals surface area contributed by atoms with E-state index in [4.69, 9.17) is 4.98 Å². The van der Waals surface area contributed by atoms with Gasteiger partial charge in [0.15, 0.2) is 11.4 Å². The molecule has 2 aromatic rings. The average molecular weight is 497 g/mol. The molecule has 0 spiro atoms. The van der Waals surface area contributed by atoms with E-state index in [9.17, 15) is 9.90 Å². The molecule has 0 unspecified atom stereocenters. The van der Waals surface area contributed by atoms with E-state index in [-0.39, 0.29) is 5.78 Å². The first-order chi connectivity index (χ1) is 17.6. The molecule has 36 heavy (non-hydrogen) atoms. The van der Waals surface area contributed by atoms with E-state index in [1.165, 1.54) is 25.7 Å². The van der Waals surface area contributed by atoms with Gasteiger partial charge in [0.1, 0.15) is 11.5 Å². The monoisotopic (exact) mass is 496 g/mol. The van der Waals surface area contributed by atoms with Crippen molar-refractivity contribution in [3.63, 3.8) is 0 Å². The lowest BCUT2D eigenvalue weighted by molar-refractivity contribution is 0.0901. The van der Waals surface area contributed by atoms with Gasteiger partial charge >= 0.3 is 0 Å². The van der Waals surface area contributed by atoms with Gasteiger partial charge in [-0.25, -0.2) is 9.67 Å². The lowest BCUT2D eigenvalue weighted by atomic mass is 9.90. The van der Waals surface area contributed by atoms with Gasteiger partial charge in [-0.1, -0.05) is 12.8 Å². The van der Waals surface area contributed by atoms with Crippen LogP contribution >= 0.6 is 0 Å². The predicted octanol–water partition coefficient (Wildman–Crippen LogP) is 3.34. The first kappa shape index (κ1) is 25.6. The number of anilines is 1. The van der Waals surface area contributed by atoms with Crippen LogP contribution in [0.15, 0.2) is 12.1 Å². The van der Waals surface area contributed by atoms with E-state index >= 15 is 0 Å². The molecule has 3 fully saturated rings. The predicted molar refractivity (Wildman–Crippen MR) is 144 cm³/mol. The summed E-state index contributed by atoms with van der Waals surface area (Å²) in [6.07, 6.45) is 10.0. The third-order valence-electron chi connectivity index (χ3n) is 8.75. The Hall–Kier alpha value is -2.03. The SMILES string of the molecule is Cn1nc(C(=O)CC2CCN(CCN3CCC(CO)CC3)CC2)c2ccc(N3CCCCCC3)nc21. The largest absolute Gasteiger partial charge is 0.396 e. The zero-order valence-electron chi connectivity index (χ0n) is 22.1. The third-order valence-corrected chi connectivity index (χ3v) is 8.75. The number of hydrogen-bond donors (Lipinski definition) is 1. The number of fused-ring (bicyclic) bond motifs is 1. The number of aryl methyl sites for hydroxylation is 1. The van der Waals surface area contributed by atoms with Crippen molar-refractivity contribution >= 4 is 22.6 Å². The van der Waals surface area contributed by atoms with Gasteiger partial charge in [-0.2, -0.15) is 5.10 Å². The highest BCUT2D eigenvalue weighted by molar-refractivity contribution is 6.05. The number of aliphatic hydroxyl groups excluding tert-OH is 1. The number of Topliss-reactive ketones (excluding diaryl/α,β-unsaturated/α-hetero) is 1. The highest BCUT2D eigenvalue weighted by Crippen LogP contribution is 2.27. The molecule has 3 saturated heterocycles. The fraction of sp³-hybridized carbons (Fsp3) is 0.750. The molecule has 5 rings (SSSR count). The Morgan fingerprint density at radius 1 is 0.889 bits per heavy atom. The van der Waals surface area contributed by atoms with Crippen LogP contribution in [0.4, 0.5) is 5.82 Å². The smallest absolute Gasteiger partial charge is 0.184 e. The van der Waals surface area contributed by atoms with Crippen molar-refractivity contribution in [3.05, 3.63) is 17.8 Å². The van der Waals surface area contributed by atoms with E-state index < -0.39 is 0 Å². The Kier molecular flexibility index (Phi) is 8.54. The molecule has 0 atom stereocenters. The van der Waals surface area contributed by atoms with Crippen LogP contribution in [-0.2, 0) is 7.05 Å². The molecule has 0 radical (unpaired) electrons. The van der Waals surface area contributed by atoms with E-state index in [1.807, 2.05) is 7.05 Å². The maximum absolute atomic E-state index is 13.3. The summed E-state index contributed by atoms with van der Waals surface area (Å²) in [5, 5.41) is 14.8. The number of carbonyl (C=O) groups excluding carboxylic acids is 1. The summed E-state index contributed by atoms with van der Waals surface area (Å²) < 4.78 is 1.79. The molecule has 198 valence electrons. The molecular weight excluding hydrogens is 452 g/mol. The number of hydrogen-bond acceptors (Lipinski definition) is 7. The van der Waals surface area contributed by atoms with Gasteiger partial charge in [-0.05, 0) is 88.7 Å². The number of likely N-dealkylation sites (tertiary alicyclic amines) is 2. The molecule has 0 aromatic carbocycles. The summed E-state index contributed by atoms with van der Waals surface area (Å²) in [4.78, 5) is 25.7. The summed E-state index contributed by atoms with van der Waals surface area (Å²) in [5.74, 6) is 2.12. The molecule has 0 aliphatic carbocycles. The van der Waals surface area contributed by atoms with Crippen molar-refractivity contribution in [1.82, 2.24) is 24.6 Å². The van der Waals surface area contributed by atoms with E-state index in [2.05, 4.69) is 31.9 Å². The molecule has 8 nitrogen and oxygen atoms in total. The molecule has 3 aliphatic heterocycles. The van der Waals surface area contributed by atoms with Crippen LogP contribution in [0.5, 0.6) is 0 Å². The van der Waals surface area contributed by atoms with E-state index in [0.717, 1.165) is 94.9 Å². The number of aliphatic hydroxyl groups is 1. The Bertz CT molecular complexity index is 999. The van der Waals surface area contributed by atoms with Crippen LogP contribution < -0.4 is 4.90 Å². The van der Waals surface area contributed by atoms with Gasteiger partial charge in [0.25, 0.3) is 0 Å². The maximum atomic E-state index is 13.3. The summed E-state index contributed by atoms with van der Waals surface area (Å²) in [7, 11) is 1.91. The Morgan fingerprint density at radius 2 is 1.50 bits per heavy atom. The molecule has 2 aromatic heterocycles. The van der Waals surface area contributed by atoms with Gasteiger partial charge in [0.2, 0.25) is 0 Å². The maximum Gasteiger partial charge on any atom is 0.184 e. The van der Waals surface area contributed by atoms with Crippen molar-refractivity contribution in [3.8, 4) is 0 Å². The minimum absolute atomic E-state index is 0.162. The van der Waals surface area contributed by atoms with Crippen LogP contribution in [0, 0.1) is 11.8 Å².